The van der Waals surface area contributed by atoms with E-state index in [0.717, 1.165) is 18.6 Å². The second kappa shape index (κ2) is 6.20. The highest BCUT2D eigenvalue weighted by atomic mass is 32.2. The summed E-state index contributed by atoms with van der Waals surface area (Å²) in [6, 6.07) is 3.16. The van der Waals surface area contributed by atoms with Crippen LogP contribution in [0.1, 0.15) is 29.2 Å². The second-order valence-corrected chi connectivity index (χ2v) is 4.04. The molecule has 0 spiro atoms. The van der Waals surface area contributed by atoms with Gasteiger partial charge in [0.1, 0.15) is 5.76 Å². The third-order valence-corrected chi connectivity index (χ3v) is 2.79. The van der Waals surface area contributed by atoms with Gasteiger partial charge < -0.3 is 9.52 Å². The van der Waals surface area contributed by atoms with Crippen molar-refractivity contribution >= 4 is 17.7 Å². The Morgan fingerprint density at radius 1 is 1.60 bits per heavy atom. The maximum atomic E-state index is 10.5. The van der Waals surface area contributed by atoms with Crippen molar-refractivity contribution in [3.05, 3.63) is 23.7 Å². The molecule has 0 saturated carbocycles. The molecule has 3 nitrogen and oxygen atoms in total. The fourth-order valence-corrected chi connectivity index (χ4v) is 1.87. The van der Waals surface area contributed by atoms with E-state index in [-0.39, 0.29) is 5.76 Å². The van der Waals surface area contributed by atoms with Gasteiger partial charge in [-0.25, -0.2) is 4.79 Å². The molecular weight excluding hydrogens is 212 g/mol. The Kier molecular flexibility index (Phi) is 4.85. The van der Waals surface area contributed by atoms with Crippen LogP contribution in [-0.2, 0) is 5.75 Å². The summed E-state index contributed by atoms with van der Waals surface area (Å²) >= 11 is 1.69. The average Bonchev–Trinajstić information content (AvgIpc) is 2.66. The highest BCUT2D eigenvalue weighted by Gasteiger charge is 2.08. The lowest BCUT2D eigenvalue weighted by atomic mass is 10.4. The molecule has 15 heavy (non-hydrogen) atoms. The SMILES string of the molecule is C#CCCCSCc1ccc(C(=O)O)o1. The van der Waals surface area contributed by atoms with Crippen LogP contribution < -0.4 is 0 Å². The minimum absolute atomic E-state index is 0.00535. The van der Waals surface area contributed by atoms with Gasteiger partial charge in [-0.1, -0.05) is 0 Å². The zero-order chi connectivity index (χ0) is 11.1. The van der Waals surface area contributed by atoms with E-state index >= 15 is 0 Å². The third-order valence-electron chi connectivity index (χ3n) is 1.73. The van der Waals surface area contributed by atoms with Crippen molar-refractivity contribution in [3.8, 4) is 12.3 Å². The molecule has 0 saturated heterocycles. The molecule has 0 aliphatic rings. The molecule has 80 valence electrons. The first-order valence-electron chi connectivity index (χ1n) is 4.57. The summed E-state index contributed by atoms with van der Waals surface area (Å²) in [6.45, 7) is 0. The molecule has 0 bridgehead atoms. The van der Waals surface area contributed by atoms with Gasteiger partial charge in [-0.05, 0) is 24.3 Å². The monoisotopic (exact) mass is 224 g/mol. The van der Waals surface area contributed by atoms with Crippen LogP contribution in [0.15, 0.2) is 16.5 Å². The van der Waals surface area contributed by atoms with E-state index in [1.165, 1.54) is 6.07 Å². The number of aromatic carboxylic acids is 1. The molecule has 1 aromatic heterocycles. The summed E-state index contributed by atoms with van der Waals surface area (Å²) in [5.74, 6) is 3.89. The van der Waals surface area contributed by atoms with E-state index in [9.17, 15) is 4.79 Å². The maximum absolute atomic E-state index is 10.5. The summed E-state index contributed by atoms with van der Waals surface area (Å²) in [6.07, 6.45) is 6.88. The lowest BCUT2D eigenvalue weighted by Crippen LogP contribution is -1.91. The highest BCUT2D eigenvalue weighted by Crippen LogP contribution is 2.16. The summed E-state index contributed by atoms with van der Waals surface area (Å²) in [7, 11) is 0. The second-order valence-electron chi connectivity index (χ2n) is 2.93. The van der Waals surface area contributed by atoms with Gasteiger partial charge in [-0.3, -0.25) is 0 Å². The van der Waals surface area contributed by atoms with Crippen molar-refractivity contribution in [1.82, 2.24) is 0 Å². The smallest absolute Gasteiger partial charge is 0.371 e. The van der Waals surface area contributed by atoms with Crippen LogP contribution in [0.4, 0.5) is 0 Å². The molecule has 1 heterocycles. The van der Waals surface area contributed by atoms with Crippen molar-refractivity contribution < 1.29 is 14.3 Å². The first kappa shape index (κ1) is 11.7. The summed E-state index contributed by atoms with van der Waals surface area (Å²) in [5.41, 5.74) is 0. The first-order chi connectivity index (χ1) is 7.24. The quantitative estimate of drug-likeness (QED) is 0.596. The molecule has 1 rings (SSSR count). The van der Waals surface area contributed by atoms with Crippen LogP contribution in [0.5, 0.6) is 0 Å². The number of rotatable bonds is 6. The van der Waals surface area contributed by atoms with Crippen molar-refractivity contribution in [3.63, 3.8) is 0 Å². The normalized spacial score (nSPS) is 9.80. The van der Waals surface area contributed by atoms with E-state index in [1.807, 2.05) is 0 Å². The summed E-state index contributed by atoms with van der Waals surface area (Å²) < 4.78 is 5.09. The van der Waals surface area contributed by atoms with E-state index in [4.69, 9.17) is 15.9 Å². The largest absolute Gasteiger partial charge is 0.475 e. The summed E-state index contributed by atoms with van der Waals surface area (Å²) in [4.78, 5) is 10.5. The zero-order valence-corrected chi connectivity index (χ0v) is 9.05. The predicted octanol–water partition coefficient (Wildman–Crippen LogP) is 2.62. The number of carboxylic acid groups (broad SMARTS) is 1. The van der Waals surface area contributed by atoms with E-state index in [1.54, 1.807) is 17.8 Å². The minimum atomic E-state index is -1.03. The van der Waals surface area contributed by atoms with Crippen LogP contribution in [0, 0.1) is 12.3 Å². The minimum Gasteiger partial charge on any atom is -0.475 e. The van der Waals surface area contributed by atoms with Crippen LogP contribution in [0.3, 0.4) is 0 Å². The lowest BCUT2D eigenvalue weighted by Gasteiger charge is -1.96. The van der Waals surface area contributed by atoms with Crippen LogP contribution in [0.25, 0.3) is 0 Å². The fraction of sp³-hybridized carbons (Fsp3) is 0.364. The molecule has 1 aromatic rings. The molecule has 0 aromatic carbocycles. The van der Waals surface area contributed by atoms with Crippen LogP contribution in [-0.4, -0.2) is 16.8 Å². The topological polar surface area (TPSA) is 50.4 Å². The first-order valence-corrected chi connectivity index (χ1v) is 5.72. The number of hydrogen-bond donors (Lipinski definition) is 1. The van der Waals surface area contributed by atoms with Crippen LogP contribution >= 0.6 is 11.8 Å². The van der Waals surface area contributed by atoms with Gasteiger partial charge in [0, 0.05) is 6.42 Å². The number of terminal acetylenes is 1. The van der Waals surface area contributed by atoms with E-state index < -0.39 is 5.97 Å². The summed E-state index contributed by atoms with van der Waals surface area (Å²) in [5, 5.41) is 8.62. The molecular formula is C11H12O3S. The van der Waals surface area contributed by atoms with E-state index in [2.05, 4.69) is 5.92 Å². The van der Waals surface area contributed by atoms with E-state index in [0.29, 0.717) is 11.5 Å². The molecule has 0 amide bonds. The maximum Gasteiger partial charge on any atom is 0.371 e. The van der Waals surface area contributed by atoms with Crippen molar-refractivity contribution in [2.45, 2.75) is 18.6 Å². The molecule has 0 aliphatic heterocycles. The number of hydrogen-bond acceptors (Lipinski definition) is 3. The Hall–Kier alpha value is -1.34. The Morgan fingerprint density at radius 3 is 3.00 bits per heavy atom. The van der Waals surface area contributed by atoms with Crippen molar-refractivity contribution in [2.24, 2.45) is 0 Å². The predicted molar refractivity (Wildman–Crippen MR) is 59.9 cm³/mol. The third kappa shape index (κ3) is 4.13. The molecule has 0 unspecified atom stereocenters. The van der Waals surface area contributed by atoms with Crippen molar-refractivity contribution in [1.29, 1.82) is 0 Å². The number of furan rings is 1. The molecule has 0 atom stereocenters. The fourth-order valence-electron chi connectivity index (χ4n) is 1.02. The van der Waals surface area contributed by atoms with Gasteiger partial charge in [-0.15, -0.1) is 12.3 Å². The molecule has 4 heteroatoms. The van der Waals surface area contributed by atoms with Crippen molar-refractivity contribution in [2.75, 3.05) is 5.75 Å². The Labute approximate surface area is 92.9 Å². The molecule has 0 aliphatic carbocycles. The number of unbranched alkanes of at least 4 members (excludes halogenated alkanes) is 1. The Morgan fingerprint density at radius 2 is 2.40 bits per heavy atom. The standard InChI is InChI=1S/C11H12O3S/c1-2-3-4-7-15-8-9-5-6-10(14-9)11(12)13/h1,5-6H,3-4,7-8H2,(H,12,13). The van der Waals surface area contributed by atoms with Gasteiger partial charge >= 0.3 is 5.97 Å². The number of carbonyl (C=O) groups is 1. The zero-order valence-electron chi connectivity index (χ0n) is 8.23. The van der Waals surface area contributed by atoms with Gasteiger partial charge in [-0.2, -0.15) is 11.8 Å². The number of carboxylic acids is 1. The Balaban J connectivity index is 2.26. The number of thioether (sulfide) groups is 1. The lowest BCUT2D eigenvalue weighted by molar-refractivity contribution is 0.0661. The van der Waals surface area contributed by atoms with Gasteiger partial charge in [0.2, 0.25) is 5.76 Å². The molecule has 0 radical (unpaired) electrons. The molecule has 1 N–H and O–H groups in total. The Bertz CT molecular complexity index is 362. The van der Waals surface area contributed by atoms with Gasteiger partial charge in [0.25, 0.3) is 0 Å². The van der Waals surface area contributed by atoms with Gasteiger partial charge in [0.15, 0.2) is 0 Å². The van der Waals surface area contributed by atoms with Crippen LogP contribution in [0.2, 0.25) is 0 Å². The highest BCUT2D eigenvalue weighted by molar-refractivity contribution is 7.98. The molecule has 0 fully saturated rings. The van der Waals surface area contributed by atoms with Gasteiger partial charge in [0.05, 0.1) is 5.75 Å². The average molecular weight is 224 g/mol.